The summed E-state index contributed by atoms with van der Waals surface area (Å²) in [6.45, 7) is 5.58. The summed E-state index contributed by atoms with van der Waals surface area (Å²) in [6.07, 6.45) is 7.87. The fourth-order valence-corrected chi connectivity index (χ4v) is 4.18. The standard InChI is InChI=1S/2C13H17NOS2.Ni/c2*1-4-14-13(17-3)9-12(16)10-5-7-11(15-2)8-6-10;/h2*5-9,16H,4H2,1-3H3;/q;;+2/p-2/b2*12-9-,14-13?;. The second kappa shape index (κ2) is 19.7. The van der Waals surface area contributed by atoms with Crippen molar-refractivity contribution in [1.82, 2.24) is 0 Å². The van der Waals surface area contributed by atoms with E-state index < -0.39 is 0 Å². The molecule has 0 heterocycles. The van der Waals surface area contributed by atoms with Crippen LogP contribution in [-0.4, -0.2) is 49.9 Å². The minimum Gasteiger partial charge on any atom is -0.779 e. The van der Waals surface area contributed by atoms with Crippen molar-refractivity contribution in [1.29, 1.82) is 0 Å². The Kier molecular flexibility index (Phi) is 18.8. The van der Waals surface area contributed by atoms with Gasteiger partial charge in [-0.1, -0.05) is 24.3 Å². The first-order valence-corrected chi connectivity index (χ1v) is 13.9. The average Bonchev–Trinajstić information content (AvgIpc) is 2.88. The molecule has 0 aliphatic carbocycles. The SMILES string of the molecule is CCN=C(/C=C(\[S-])c1ccc(OC)cc1)SC.CCN=C(/C=C(\[S-])c1ccc(OC)cc1)SC.[Ni+2]. The molecule has 9 heteroatoms. The van der Waals surface area contributed by atoms with Gasteiger partial charge in [-0.15, -0.1) is 23.5 Å². The van der Waals surface area contributed by atoms with E-state index in [0.717, 1.165) is 55.6 Å². The van der Waals surface area contributed by atoms with Gasteiger partial charge < -0.3 is 34.7 Å². The van der Waals surface area contributed by atoms with Crippen LogP contribution in [0.5, 0.6) is 11.5 Å². The van der Waals surface area contributed by atoms with Gasteiger partial charge in [0.25, 0.3) is 0 Å². The summed E-state index contributed by atoms with van der Waals surface area (Å²) < 4.78 is 10.2. The van der Waals surface area contributed by atoms with Gasteiger partial charge in [0.1, 0.15) is 11.5 Å². The molecule has 2 aromatic carbocycles. The molecule has 0 radical (unpaired) electrons. The van der Waals surface area contributed by atoms with E-state index >= 15 is 0 Å². The second-order valence-electron chi connectivity index (χ2n) is 6.51. The number of rotatable bonds is 8. The second-order valence-corrected chi connectivity index (χ2v) is 9.04. The molecule has 0 aliphatic heterocycles. The minimum absolute atomic E-state index is 0. The fraction of sp³-hybridized carbons (Fsp3) is 0.308. The number of ether oxygens (including phenoxy) is 2. The van der Waals surface area contributed by atoms with Gasteiger partial charge in [0.2, 0.25) is 0 Å². The van der Waals surface area contributed by atoms with E-state index in [9.17, 15) is 0 Å². The summed E-state index contributed by atoms with van der Waals surface area (Å²) in [5.41, 5.74) is 2.03. The Bertz CT molecular complexity index is 908. The average molecular weight is 592 g/mol. The van der Waals surface area contributed by atoms with Crippen molar-refractivity contribution < 1.29 is 26.0 Å². The third kappa shape index (κ3) is 12.8. The van der Waals surface area contributed by atoms with Gasteiger partial charge in [0.15, 0.2) is 0 Å². The molecular formula is C26H32N2NiO2S4. The van der Waals surface area contributed by atoms with Gasteiger partial charge in [0, 0.05) is 13.1 Å². The van der Waals surface area contributed by atoms with Crippen LogP contribution in [-0.2, 0) is 41.7 Å². The van der Waals surface area contributed by atoms with Crippen LogP contribution in [0.2, 0.25) is 0 Å². The van der Waals surface area contributed by atoms with Crippen LogP contribution < -0.4 is 9.47 Å². The van der Waals surface area contributed by atoms with E-state index in [4.69, 9.17) is 34.7 Å². The maximum Gasteiger partial charge on any atom is 2.00 e. The predicted octanol–water partition coefficient (Wildman–Crippen LogP) is 6.73. The van der Waals surface area contributed by atoms with Gasteiger partial charge >= 0.3 is 16.5 Å². The number of nitrogens with zero attached hydrogens (tertiary/aromatic N) is 2. The number of thioether (sulfide) groups is 2. The molecule has 35 heavy (non-hydrogen) atoms. The zero-order valence-corrected chi connectivity index (χ0v) is 25.1. The number of methoxy groups -OCH3 is 2. The Labute approximate surface area is 240 Å². The minimum atomic E-state index is 0. The van der Waals surface area contributed by atoms with Crippen molar-refractivity contribution in [3.63, 3.8) is 0 Å². The molecule has 0 fully saturated rings. The van der Waals surface area contributed by atoms with Crippen molar-refractivity contribution in [3.05, 3.63) is 71.8 Å². The van der Waals surface area contributed by atoms with Crippen molar-refractivity contribution in [3.8, 4) is 11.5 Å². The zero-order valence-electron chi connectivity index (χ0n) is 20.8. The van der Waals surface area contributed by atoms with Crippen molar-refractivity contribution >= 4 is 68.7 Å². The van der Waals surface area contributed by atoms with Gasteiger partial charge in [0.05, 0.1) is 24.3 Å². The van der Waals surface area contributed by atoms with Crippen LogP contribution in [0.3, 0.4) is 0 Å². The van der Waals surface area contributed by atoms with Crippen LogP contribution >= 0.6 is 23.5 Å². The Morgan fingerprint density at radius 2 is 1.03 bits per heavy atom. The first-order valence-electron chi connectivity index (χ1n) is 10.6. The summed E-state index contributed by atoms with van der Waals surface area (Å²) in [5, 5.41) is 1.93. The first kappa shape index (κ1) is 33.5. The van der Waals surface area contributed by atoms with Gasteiger partial charge in [-0.05, 0) is 73.9 Å². The van der Waals surface area contributed by atoms with Crippen LogP contribution in [0.4, 0.5) is 0 Å². The molecule has 0 bridgehead atoms. The topological polar surface area (TPSA) is 43.2 Å². The van der Waals surface area contributed by atoms with E-state index in [1.54, 1.807) is 37.7 Å². The first-order chi connectivity index (χ1) is 16.4. The van der Waals surface area contributed by atoms with E-state index in [0.29, 0.717) is 0 Å². The maximum absolute atomic E-state index is 5.37. The monoisotopic (exact) mass is 590 g/mol. The van der Waals surface area contributed by atoms with Crippen LogP contribution in [0.25, 0.3) is 9.81 Å². The molecule has 192 valence electrons. The molecule has 2 rings (SSSR count). The summed E-state index contributed by atoms with van der Waals surface area (Å²) in [7, 11) is 3.30. The largest absolute Gasteiger partial charge is 2.00 e. The molecule has 2 aromatic rings. The third-order valence-electron chi connectivity index (χ3n) is 4.30. The van der Waals surface area contributed by atoms with Crippen LogP contribution in [0.15, 0.2) is 70.7 Å². The number of benzene rings is 2. The zero-order chi connectivity index (χ0) is 25.3. The molecule has 0 aromatic heterocycles. The summed E-state index contributed by atoms with van der Waals surface area (Å²) in [6, 6.07) is 15.5. The van der Waals surface area contributed by atoms with Gasteiger partial charge in [-0.25, -0.2) is 0 Å². The quantitative estimate of drug-likeness (QED) is 0.147. The van der Waals surface area contributed by atoms with E-state index in [1.807, 2.05) is 87.0 Å². The molecule has 0 unspecified atom stereocenters. The molecule has 0 spiro atoms. The Hall–Kier alpha value is -1.51. The number of hydrogen-bond acceptors (Lipinski definition) is 8. The summed E-state index contributed by atoms with van der Waals surface area (Å²) in [4.78, 5) is 10.3. The number of aliphatic imine (C=N–C) groups is 2. The number of hydrogen-bond donors (Lipinski definition) is 0. The molecule has 0 saturated carbocycles. The van der Waals surface area contributed by atoms with Crippen molar-refractivity contribution in [2.75, 3.05) is 39.8 Å². The molecule has 0 saturated heterocycles. The van der Waals surface area contributed by atoms with E-state index in [2.05, 4.69) is 9.98 Å². The summed E-state index contributed by atoms with van der Waals surface area (Å²) in [5.74, 6) is 1.67. The molecule has 0 aliphatic rings. The molecule has 0 N–H and O–H groups in total. The predicted molar refractivity (Wildman–Crippen MR) is 160 cm³/mol. The Morgan fingerprint density at radius 1 is 0.714 bits per heavy atom. The maximum atomic E-state index is 5.37. The van der Waals surface area contributed by atoms with Crippen molar-refractivity contribution in [2.24, 2.45) is 9.98 Å². The smallest absolute Gasteiger partial charge is 0.779 e. The van der Waals surface area contributed by atoms with Gasteiger partial charge in [-0.2, -0.15) is 9.81 Å². The Balaban J connectivity index is 0.000000642. The third-order valence-corrected chi connectivity index (χ3v) is 6.34. The molecule has 4 nitrogen and oxygen atoms in total. The fourth-order valence-electron chi connectivity index (χ4n) is 2.55. The molecule has 0 atom stereocenters. The van der Waals surface area contributed by atoms with E-state index in [1.165, 1.54) is 0 Å². The Morgan fingerprint density at radius 3 is 1.26 bits per heavy atom. The van der Waals surface area contributed by atoms with Crippen LogP contribution in [0.1, 0.15) is 25.0 Å². The molecular weight excluding hydrogens is 559 g/mol. The molecule has 0 amide bonds. The van der Waals surface area contributed by atoms with E-state index in [-0.39, 0.29) is 16.5 Å². The van der Waals surface area contributed by atoms with Crippen LogP contribution in [0, 0.1) is 0 Å². The normalized spacial score (nSPS) is 12.3. The van der Waals surface area contributed by atoms with Gasteiger partial charge in [-0.3, -0.25) is 9.98 Å². The summed E-state index contributed by atoms with van der Waals surface area (Å²) >= 11 is 13.9. The van der Waals surface area contributed by atoms with Crippen molar-refractivity contribution in [2.45, 2.75) is 13.8 Å².